The molecule has 1 unspecified atom stereocenters. The van der Waals surface area contributed by atoms with Crippen LogP contribution in [0.5, 0.6) is 11.5 Å². The number of carbonyl (C=O) groups is 1. The molecule has 1 atom stereocenters. The van der Waals surface area contributed by atoms with Crippen LogP contribution in [0, 0.1) is 0 Å². The van der Waals surface area contributed by atoms with Crippen LogP contribution in [0.3, 0.4) is 0 Å². The van der Waals surface area contributed by atoms with Crippen molar-refractivity contribution in [3.63, 3.8) is 0 Å². The van der Waals surface area contributed by atoms with Gasteiger partial charge >= 0.3 is 5.97 Å². The van der Waals surface area contributed by atoms with E-state index < -0.39 is 0 Å². The highest BCUT2D eigenvalue weighted by Gasteiger charge is 2.20. The number of anilines is 1. The second-order valence-corrected chi connectivity index (χ2v) is 6.34. The standard InChI is InChI=1S/C21H25NO4/c1-22-17-8-12-19(13-9-17)26-21(23)16-6-10-18(11-7-16)24-14-4-2-3-5-20-15-25-20/h6-13,20,22H,2-5,14-15H2,1H3. The average molecular weight is 355 g/mol. The zero-order valence-electron chi connectivity index (χ0n) is 15.1. The summed E-state index contributed by atoms with van der Waals surface area (Å²) in [6, 6.07) is 14.3. The molecule has 1 saturated heterocycles. The first-order valence-electron chi connectivity index (χ1n) is 9.09. The minimum absolute atomic E-state index is 0.379. The fourth-order valence-electron chi connectivity index (χ4n) is 2.62. The molecule has 0 spiro atoms. The predicted octanol–water partition coefficient (Wildman–Crippen LogP) is 4.29. The van der Waals surface area contributed by atoms with Crippen molar-refractivity contribution in [2.45, 2.75) is 31.8 Å². The summed E-state index contributed by atoms with van der Waals surface area (Å²) in [5, 5.41) is 3.02. The Hall–Kier alpha value is -2.53. The number of carbonyl (C=O) groups excluding carboxylic acids is 1. The summed E-state index contributed by atoms with van der Waals surface area (Å²) < 4.78 is 16.3. The summed E-state index contributed by atoms with van der Waals surface area (Å²) in [7, 11) is 1.84. The van der Waals surface area contributed by atoms with Crippen LogP contribution >= 0.6 is 0 Å². The number of hydrogen-bond donors (Lipinski definition) is 1. The van der Waals surface area contributed by atoms with E-state index in [4.69, 9.17) is 14.2 Å². The monoisotopic (exact) mass is 355 g/mol. The van der Waals surface area contributed by atoms with Gasteiger partial charge in [-0.2, -0.15) is 0 Å². The molecule has 26 heavy (non-hydrogen) atoms. The highest BCUT2D eigenvalue weighted by Crippen LogP contribution is 2.19. The maximum Gasteiger partial charge on any atom is 0.343 e. The third-order valence-electron chi connectivity index (χ3n) is 4.29. The SMILES string of the molecule is CNc1ccc(OC(=O)c2ccc(OCCCCCC3CO3)cc2)cc1. The molecule has 0 bridgehead atoms. The number of nitrogens with one attached hydrogen (secondary N) is 1. The van der Waals surface area contributed by atoms with Crippen molar-refractivity contribution < 1.29 is 19.0 Å². The molecule has 1 heterocycles. The zero-order chi connectivity index (χ0) is 18.2. The number of hydrogen-bond acceptors (Lipinski definition) is 5. The van der Waals surface area contributed by atoms with Gasteiger partial charge in [-0.25, -0.2) is 4.79 Å². The van der Waals surface area contributed by atoms with Gasteiger partial charge in [0.2, 0.25) is 0 Å². The molecule has 0 aromatic heterocycles. The largest absolute Gasteiger partial charge is 0.494 e. The average Bonchev–Trinajstić information content (AvgIpc) is 3.50. The number of esters is 1. The minimum Gasteiger partial charge on any atom is -0.494 e. The van der Waals surface area contributed by atoms with Crippen LogP contribution in [-0.2, 0) is 4.74 Å². The van der Waals surface area contributed by atoms with Gasteiger partial charge in [0.05, 0.1) is 24.9 Å². The molecule has 2 aromatic carbocycles. The molecule has 5 nitrogen and oxygen atoms in total. The third kappa shape index (κ3) is 5.77. The summed E-state index contributed by atoms with van der Waals surface area (Å²) in [5.41, 5.74) is 1.46. The Bertz CT molecular complexity index is 693. The summed E-state index contributed by atoms with van der Waals surface area (Å²) >= 11 is 0. The van der Waals surface area contributed by atoms with Gasteiger partial charge in [0.15, 0.2) is 0 Å². The fourth-order valence-corrected chi connectivity index (χ4v) is 2.62. The summed E-state index contributed by atoms with van der Waals surface area (Å²) in [6.07, 6.45) is 5.04. The van der Waals surface area contributed by atoms with E-state index in [1.165, 1.54) is 6.42 Å². The molecule has 138 valence electrons. The van der Waals surface area contributed by atoms with E-state index in [0.717, 1.165) is 37.3 Å². The molecule has 1 fully saturated rings. The molecule has 1 aliphatic heterocycles. The lowest BCUT2D eigenvalue weighted by Crippen LogP contribution is -2.08. The smallest absolute Gasteiger partial charge is 0.343 e. The molecule has 3 rings (SSSR count). The zero-order valence-corrected chi connectivity index (χ0v) is 15.1. The molecule has 0 amide bonds. The first kappa shape index (κ1) is 18.3. The van der Waals surface area contributed by atoms with Crippen molar-refractivity contribution in [3.8, 4) is 11.5 Å². The summed E-state index contributed by atoms with van der Waals surface area (Å²) in [5.74, 6) is 0.910. The molecule has 5 heteroatoms. The highest BCUT2D eigenvalue weighted by atomic mass is 16.6. The van der Waals surface area contributed by atoms with E-state index in [-0.39, 0.29) is 5.97 Å². The minimum atomic E-state index is -0.379. The van der Waals surface area contributed by atoms with E-state index >= 15 is 0 Å². The molecular weight excluding hydrogens is 330 g/mol. The molecule has 2 aromatic rings. The summed E-state index contributed by atoms with van der Waals surface area (Å²) in [6.45, 7) is 1.62. The first-order chi connectivity index (χ1) is 12.7. The van der Waals surface area contributed by atoms with Crippen molar-refractivity contribution >= 4 is 11.7 Å². The Balaban J connectivity index is 1.40. The lowest BCUT2D eigenvalue weighted by atomic mass is 10.1. The second-order valence-electron chi connectivity index (χ2n) is 6.34. The van der Waals surface area contributed by atoms with Gasteiger partial charge < -0.3 is 19.5 Å². The van der Waals surface area contributed by atoms with Gasteiger partial charge in [0.25, 0.3) is 0 Å². The van der Waals surface area contributed by atoms with Crippen molar-refractivity contribution in [3.05, 3.63) is 54.1 Å². The quantitative estimate of drug-likeness (QED) is 0.298. The van der Waals surface area contributed by atoms with Gasteiger partial charge in [-0.15, -0.1) is 0 Å². The number of unbranched alkanes of at least 4 members (excludes halogenated alkanes) is 2. The normalized spacial score (nSPS) is 15.3. The van der Waals surface area contributed by atoms with Crippen LogP contribution in [0.4, 0.5) is 5.69 Å². The topological polar surface area (TPSA) is 60.1 Å². The molecule has 0 saturated carbocycles. The molecular formula is C21H25NO4. The molecule has 0 aliphatic carbocycles. The van der Waals surface area contributed by atoms with Crippen LogP contribution in [0.1, 0.15) is 36.0 Å². The Morgan fingerprint density at radius 2 is 1.73 bits per heavy atom. The van der Waals surface area contributed by atoms with Crippen molar-refractivity contribution in [1.29, 1.82) is 0 Å². The predicted molar refractivity (Wildman–Crippen MR) is 101 cm³/mol. The van der Waals surface area contributed by atoms with Crippen LogP contribution < -0.4 is 14.8 Å². The van der Waals surface area contributed by atoms with Crippen LogP contribution in [0.25, 0.3) is 0 Å². The third-order valence-corrected chi connectivity index (χ3v) is 4.29. The number of ether oxygens (including phenoxy) is 3. The van der Waals surface area contributed by atoms with E-state index in [1.807, 2.05) is 19.2 Å². The van der Waals surface area contributed by atoms with Crippen LogP contribution in [0.2, 0.25) is 0 Å². The highest BCUT2D eigenvalue weighted by molar-refractivity contribution is 5.91. The lowest BCUT2D eigenvalue weighted by molar-refractivity contribution is 0.0734. The maximum absolute atomic E-state index is 12.2. The van der Waals surface area contributed by atoms with Gasteiger partial charge in [0, 0.05) is 12.7 Å². The van der Waals surface area contributed by atoms with E-state index in [2.05, 4.69) is 5.32 Å². The Morgan fingerprint density at radius 3 is 2.38 bits per heavy atom. The first-order valence-corrected chi connectivity index (χ1v) is 9.09. The van der Waals surface area contributed by atoms with Gasteiger partial charge in [-0.05, 0) is 67.8 Å². The molecule has 0 radical (unpaired) electrons. The fraction of sp³-hybridized carbons (Fsp3) is 0.381. The van der Waals surface area contributed by atoms with E-state index in [0.29, 0.717) is 24.0 Å². The van der Waals surface area contributed by atoms with E-state index in [1.54, 1.807) is 36.4 Å². The van der Waals surface area contributed by atoms with Crippen molar-refractivity contribution in [1.82, 2.24) is 0 Å². The van der Waals surface area contributed by atoms with Crippen LogP contribution in [-0.4, -0.2) is 32.3 Å². The van der Waals surface area contributed by atoms with Crippen LogP contribution in [0.15, 0.2) is 48.5 Å². The maximum atomic E-state index is 12.2. The molecule has 1 N–H and O–H groups in total. The molecule has 1 aliphatic rings. The van der Waals surface area contributed by atoms with Crippen molar-refractivity contribution in [2.24, 2.45) is 0 Å². The van der Waals surface area contributed by atoms with E-state index in [9.17, 15) is 4.79 Å². The Morgan fingerprint density at radius 1 is 1.04 bits per heavy atom. The van der Waals surface area contributed by atoms with Crippen molar-refractivity contribution in [2.75, 3.05) is 25.6 Å². The Kier molecular flexibility index (Phi) is 6.50. The van der Waals surface area contributed by atoms with Gasteiger partial charge in [-0.1, -0.05) is 6.42 Å². The van der Waals surface area contributed by atoms with Gasteiger partial charge in [0.1, 0.15) is 11.5 Å². The van der Waals surface area contributed by atoms with Gasteiger partial charge in [-0.3, -0.25) is 0 Å². The lowest BCUT2D eigenvalue weighted by Gasteiger charge is -2.08. The Labute approximate surface area is 154 Å². The summed E-state index contributed by atoms with van der Waals surface area (Å²) in [4.78, 5) is 12.2. The number of benzene rings is 2. The number of rotatable bonds is 10. The second kappa shape index (κ2) is 9.25. The number of epoxide rings is 1.